The third-order valence-corrected chi connectivity index (χ3v) is 6.91. The number of piperidine rings is 1. The van der Waals surface area contributed by atoms with Crippen molar-refractivity contribution in [3.8, 4) is 16.3 Å². The van der Waals surface area contributed by atoms with Crippen LogP contribution in [0.2, 0.25) is 0 Å². The van der Waals surface area contributed by atoms with Gasteiger partial charge in [0, 0.05) is 25.2 Å². The Hall–Kier alpha value is -2.44. The molecule has 2 atom stereocenters. The Kier molecular flexibility index (Phi) is 4.53. The molecule has 2 aromatic heterocycles. The quantitative estimate of drug-likeness (QED) is 0.731. The zero-order chi connectivity index (χ0) is 19.1. The third kappa shape index (κ3) is 3.16. The van der Waals surface area contributed by atoms with E-state index in [0.29, 0.717) is 23.8 Å². The Balaban J connectivity index is 1.47. The van der Waals surface area contributed by atoms with Crippen LogP contribution in [0.1, 0.15) is 36.2 Å². The molecule has 1 amide bonds. The zero-order valence-corrected chi connectivity index (χ0v) is 16.7. The van der Waals surface area contributed by atoms with E-state index in [2.05, 4.69) is 16.8 Å². The molecule has 2 unspecified atom stereocenters. The number of hydrogen-bond acceptors (Lipinski definition) is 4. The maximum atomic E-state index is 13.3. The van der Waals surface area contributed by atoms with Gasteiger partial charge in [0.15, 0.2) is 5.69 Å². The molecule has 0 spiro atoms. The summed E-state index contributed by atoms with van der Waals surface area (Å²) < 4.78 is 1.89. The van der Waals surface area contributed by atoms with Crippen molar-refractivity contribution < 1.29 is 4.79 Å². The standard InChI is InChI=1S/C22H24N4OS/c1-25(18-12-15-9-10-16(13-18)23-15)22(27)19-14-20(21-8-5-11-28-21)26(24-19)17-6-3-2-4-7-17/h2-8,11,14-16,18,23H,9-10,12-13H2,1H3. The third-order valence-electron chi connectivity index (χ3n) is 6.02. The maximum absolute atomic E-state index is 13.3. The Labute approximate surface area is 169 Å². The fourth-order valence-electron chi connectivity index (χ4n) is 4.54. The van der Waals surface area contributed by atoms with E-state index in [4.69, 9.17) is 5.10 Å². The lowest BCUT2D eigenvalue weighted by molar-refractivity contribution is 0.0675. The first-order valence-corrected chi connectivity index (χ1v) is 10.8. The highest BCUT2D eigenvalue weighted by molar-refractivity contribution is 7.13. The summed E-state index contributed by atoms with van der Waals surface area (Å²) in [5.41, 5.74) is 2.44. The molecule has 2 saturated heterocycles. The van der Waals surface area contributed by atoms with E-state index >= 15 is 0 Å². The predicted molar refractivity (Wildman–Crippen MR) is 112 cm³/mol. The molecule has 144 valence electrons. The Morgan fingerprint density at radius 2 is 1.89 bits per heavy atom. The van der Waals surface area contributed by atoms with Crippen LogP contribution in [0, 0.1) is 0 Å². The van der Waals surface area contributed by atoms with E-state index in [1.165, 1.54) is 12.8 Å². The SMILES string of the molecule is CN(C(=O)c1cc(-c2cccs2)n(-c2ccccc2)n1)C1CC2CCC(C1)N2. The van der Waals surface area contributed by atoms with E-state index < -0.39 is 0 Å². The molecule has 2 fully saturated rings. The van der Waals surface area contributed by atoms with Gasteiger partial charge in [-0.3, -0.25) is 4.79 Å². The molecule has 2 bridgehead atoms. The van der Waals surface area contributed by atoms with Gasteiger partial charge in [-0.15, -0.1) is 11.3 Å². The second-order valence-electron chi connectivity index (χ2n) is 7.82. The van der Waals surface area contributed by atoms with Crippen molar-refractivity contribution in [2.45, 2.75) is 43.8 Å². The molecule has 0 saturated carbocycles. The van der Waals surface area contributed by atoms with Gasteiger partial charge in [-0.25, -0.2) is 4.68 Å². The van der Waals surface area contributed by atoms with Crippen molar-refractivity contribution in [2.75, 3.05) is 7.05 Å². The summed E-state index contributed by atoms with van der Waals surface area (Å²) in [6.07, 6.45) is 4.54. The van der Waals surface area contributed by atoms with Crippen molar-refractivity contribution in [1.29, 1.82) is 0 Å². The fourth-order valence-corrected chi connectivity index (χ4v) is 5.27. The van der Waals surface area contributed by atoms with Gasteiger partial charge in [0.25, 0.3) is 5.91 Å². The van der Waals surface area contributed by atoms with Crippen LogP contribution in [-0.4, -0.2) is 45.8 Å². The van der Waals surface area contributed by atoms with Gasteiger partial charge in [0.05, 0.1) is 16.3 Å². The van der Waals surface area contributed by atoms with Crippen LogP contribution in [0.3, 0.4) is 0 Å². The summed E-state index contributed by atoms with van der Waals surface area (Å²) in [7, 11) is 1.93. The Morgan fingerprint density at radius 3 is 2.57 bits per heavy atom. The highest BCUT2D eigenvalue weighted by atomic mass is 32.1. The highest BCUT2D eigenvalue weighted by Crippen LogP contribution is 2.31. The molecule has 2 aliphatic rings. The number of carbonyl (C=O) groups is 1. The number of rotatable bonds is 4. The van der Waals surface area contributed by atoms with Crippen molar-refractivity contribution in [3.05, 3.63) is 59.6 Å². The summed E-state index contributed by atoms with van der Waals surface area (Å²) in [6, 6.07) is 17.5. The first-order valence-electron chi connectivity index (χ1n) is 9.91. The lowest BCUT2D eigenvalue weighted by atomic mass is 9.98. The first kappa shape index (κ1) is 17.6. The number of para-hydroxylation sites is 1. The van der Waals surface area contributed by atoms with Crippen molar-refractivity contribution in [3.63, 3.8) is 0 Å². The molecule has 3 aromatic rings. The number of aromatic nitrogens is 2. The summed E-state index contributed by atoms with van der Waals surface area (Å²) >= 11 is 1.66. The minimum atomic E-state index is 0.0128. The molecule has 28 heavy (non-hydrogen) atoms. The van der Waals surface area contributed by atoms with Crippen molar-refractivity contribution >= 4 is 17.2 Å². The fraction of sp³-hybridized carbons (Fsp3) is 0.364. The average molecular weight is 393 g/mol. The van der Waals surface area contributed by atoms with Crippen molar-refractivity contribution in [1.82, 2.24) is 20.0 Å². The second kappa shape index (κ2) is 7.18. The van der Waals surface area contributed by atoms with E-state index in [1.807, 2.05) is 59.1 Å². The lowest BCUT2D eigenvalue weighted by Crippen LogP contribution is -2.48. The largest absolute Gasteiger partial charge is 0.337 e. The molecule has 2 aliphatic heterocycles. The maximum Gasteiger partial charge on any atom is 0.274 e. The summed E-state index contributed by atoms with van der Waals surface area (Å²) in [5, 5.41) is 10.4. The van der Waals surface area contributed by atoms with Gasteiger partial charge >= 0.3 is 0 Å². The molecule has 1 N–H and O–H groups in total. The van der Waals surface area contributed by atoms with E-state index in [1.54, 1.807) is 11.3 Å². The summed E-state index contributed by atoms with van der Waals surface area (Å²) in [5.74, 6) is 0.0128. The second-order valence-corrected chi connectivity index (χ2v) is 8.77. The van der Waals surface area contributed by atoms with Crippen LogP contribution in [0.15, 0.2) is 53.9 Å². The monoisotopic (exact) mass is 392 g/mol. The number of fused-ring (bicyclic) bond motifs is 2. The normalized spacial score (nSPS) is 23.7. The molecule has 1 aromatic carbocycles. The van der Waals surface area contributed by atoms with Gasteiger partial charge in [0.2, 0.25) is 0 Å². The predicted octanol–water partition coefficient (Wildman–Crippen LogP) is 3.96. The molecule has 0 radical (unpaired) electrons. The van der Waals surface area contributed by atoms with Crippen LogP contribution in [-0.2, 0) is 0 Å². The number of hydrogen-bond donors (Lipinski definition) is 1. The van der Waals surface area contributed by atoms with Gasteiger partial charge in [0.1, 0.15) is 0 Å². The molecule has 6 heteroatoms. The van der Waals surface area contributed by atoms with E-state index in [0.717, 1.165) is 29.1 Å². The van der Waals surface area contributed by atoms with Crippen LogP contribution in [0.5, 0.6) is 0 Å². The molecule has 0 aliphatic carbocycles. The number of carbonyl (C=O) groups excluding carboxylic acids is 1. The Morgan fingerprint density at radius 1 is 1.14 bits per heavy atom. The van der Waals surface area contributed by atoms with Crippen LogP contribution >= 0.6 is 11.3 Å². The molecular formula is C22H24N4OS. The minimum absolute atomic E-state index is 0.0128. The lowest BCUT2D eigenvalue weighted by Gasteiger charge is -2.35. The number of benzene rings is 1. The molecule has 5 rings (SSSR count). The zero-order valence-electron chi connectivity index (χ0n) is 15.9. The van der Waals surface area contributed by atoms with E-state index in [9.17, 15) is 4.79 Å². The van der Waals surface area contributed by atoms with Gasteiger partial charge in [-0.2, -0.15) is 5.10 Å². The van der Waals surface area contributed by atoms with Gasteiger partial charge < -0.3 is 10.2 Å². The van der Waals surface area contributed by atoms with E-state index in [-0.39, 0.29) is 5.91 Å². The topological polar surface area (TPSA) is 50.2 Å². The minimum Gasteiger partial charge on any atom is -0.337 e. The highest BCUT2D eigenvalue weighted by Gasteiger charge is 2.37. The molecule has 4 heterocycles. The number of amides is 1. The summed E-state index contributed by atoms with van der Waals surface area (Å²) in [6.45, 7) is 0. The molecule has 5 nitrogen and oxygen atoms in total. The Bertz CT molecular complexity index is 954. The smallest absolute Gasteiger partial charge is 0.274 e. The molecular weight excluding hydrogens is 368 g/mol. The summed E-state index contributed by atoms with van der Waals surface area (Å²) in [4.78, 5) is 16.3. The number of nitrogens with zero attached hydrogens (tertiary/aromatic N) is 3. The van der Waals surface area contributed by atoms with Crippen molar-refractivity contribution in [2.24, 2.45) is 0 Å². The van der Waals surface area contributed by atoms with Gasteiger partial charge in [-0.1, -0.05) is 24.3 Å². The van der Waals surface area contributed by atoms with Gasteiger partial charge in [-0.05, 0) is 55.3 Å². The first-order chi connectivity index (χ1) is 13.7. The van der Waals surface area contributed by atoms with Crippen LogP contribution in [0.4, 0.5) is 0 Å². The number of thiophene rings is 1. The van der Waals surface area contributed by atoms with Crippen LogP contribution in [0.25, 0.3) is 16.3 Å². The average Bonchev–Trinajstić information content (AvgIpc) is 3.47. The van der Waals surface area contributed by atoms with Crippen LogP contribution < -0.4 is 5.32 Å². The number of nitrogens with one attached hydrogen (secondary N) is 1.